The third kappa shape index (κ3) is 2.15. The number of pyridine rings is 1. The van der Waals surface area contributed by atoms with Gasteiger partial charge in [-0.05, 0) is 19.1 Å². The SMILES string of the molecule is CNC(=O)Oc1c(C)nn(-c2cccnc2)c1F. The predicted molar refractivity (Wildman–Crippen MR) is 61.1 cm³/mol. The highest BCUT2D eigenvalue weighted by molar-refractivity contribution is 5.70. The molecule has 0 aromatic carbocycles. The molecule has 2 aromatic heterocycles. The second-order valence-corrected chi connectivity index (χ2v) is 3.47. The molecule has 0 fully saturated rings. The lowest BCUT2D eigenvalue weighted by Crippen LogP contribution is -2.22. The number of carbonyl (C=O) groups is 1. The Morgan fingerprint density at radius 1 is 1.56 bits per heavy atom. The van der Waals surface area contributed by atoms with E-state index in [0.717, 1.165) is 4.68 Å². The van der Waals surface area contributed by atoms with Crippen LogP contribution in [-0.2, 0) is 0 Å². The molecular formula is C11H11FN4O2. The van der Waals surface area contributed by atoms with Gasteiger partial charge >= 0.3 is 6.09 Å². The van der Waals surface area contributed by atoms with Crippen molar-refractivity contribution in [2.75, 3.05) is 7.05 Å². The average Bonchev–Trinajstić information content (AvgIpc) is 2.67. The van der Waals surface area contributed by atoms with Crippen LogP contribution in [0.2, 0.25) is 0 Å². The third-order valence-electron chi connectivity index (χ3n) is 2.24. The fraction of sp³-hybridized carbons (Fsp3) is 0.182. The second kappa shape index (κ2) is 4.82. The largest absolute Gasteiger partial charge is 0.412 e. The van der Waals surface area contributed by atoms with Crippen LogP contribution in [0.25, 0.3) is 5.69 Å². The van der Waals surface area contributed by atoms with Crippen molar-refractivity contribution in [3.8, 4) is 11.4 Å². The zero-order valence-electron chi connectivity index (χ0n) is 9.85. The van der Waals surface area contributed by atoms with E-state index in [1.165, 1.54) is 13.2 Å². The number of amides is 1. The molecule has 0 unspecified atom stereocenters. The van der Waals surface area contributed by atoms with Crippen molar-refractivity contribution in [2.45, 2.75) is 6.92 Å². The van der Waals surface area contributed by atoms with Gasteiger partial charge in [-0.15, -0.1) is 0 Å². The average molecular weight is 250 g/mol. The molecular weight excluding hydrogens is 239 g/mol. The first-order valence-corrected chi connectivity index (χ1v) is 5.18. The molecule has 0 radical (unpaired) electrons. The number of hydrogen-bond donors (Lipinski definition) is 1. The maximum absolute atomic E-state index is 14.0. The monoisotopic (exact) mass is 250 g/mol. The van der Waals surface area contributed by atoms with E-state index in [0.29, 0.717) is 5.69 Å². The van der Waals surface area contributed by atoms with Gasteiger partial charge in [0.1, 0.15) is 5.69 Å². The van der Waals surface area contributed by atoms with Gasteiger partial charge < -0.3 is 10.1 Å². The summed E-state index contributed by atoms with van der Waals surface area (Å²) in [5, 5.41) is 6.20. The van der Waals surface area contributed by atoms with Crippen LogP contribution in [0, 0.1) is 12.9 Å². The molecule has 18 heavy (non-hydrogen) atoms. The molecule has 0 aliphatic heterocycles. The van der Waals surface area contributed by atoms with Gasteiger partial charge in [0.05, 0.1) is 11.9 Å². The van der Waals surface area contributed by atoms with Gasteiger partial charge in [-0.1, -0.05) is 0 Å². The number of aryl methyl sites for hydroxylation is 1. The second-order valence-electron chi connectivity index (χ2n) is 3.47. The highest BCUT2D eigenvalue weighted by atomic mass is 19.1. The Kier molecular flexibility index (Phi) is 3.22. The lowest BCUT2D eigenvalue weighted by molar-refractivity contribution is 0.200. The highest BCUT2D eigenvalue weighted by Crippen LogP contribution is 2.23. The van der Waals surface area contributed by atoms with Gasteiger partial charge in [-0.3, -0.25) is 4.98 Å². The lowest BCUT2D eigenvalue weighted by atomic mass is 10.4. The fourth-order valence-electron chi connectivity index (χ4n) is 1.39. The van der Waals surface area contributed by atoms with E-state index in [1.807, 2.05) is 0 Å². The maximum Gasteiger partial charge on any atom is 0.412 e. The Morgan fingerprint density at radius 2 is 2.33 bits per heavy atom. The van der Waals surface area contributed by atoms with Crippen LogP contribution in [0.15, 0.2) is 24.5 Å². The molecule has 0 bridgehead atoms. The number of nitrogens with zero attached hydrogens (tertiary/aromatic N) is 3. The smallest absolute Gasteiger partial charge is 0.403 e. The summed E-state index contributed by atoms with van der Waals surface area (Å²) in [7, 11) is 1.39. The lowest BCUT2D eigenvalue weighted by Gasteiger charge is -2.02. The van der Waals surface area contributed by atoms with E-state index in [2.05, 4.69) is 15.4 Å². The van der Waals surface area contributed by atoms with Crippen LogP contribution in [0.1, 0.15) is 5.69 Å². The summed E-state index contributed by atoms with van der Waals surface area (Å²) in [5.74, 6) is -0.942. The van der Waals surface area contributed by atoms with E-state index >= 15 is 0 Å². The van der Waals surface area contributed by atoms with Crippen LogP contribution in [0.4, 0.5) is 9.18 Å². The van der Waals surface area contributed by atoms with E-state index in [1.54, 1.807) is 25.3 Å². The zero-order chi connectivity index (χ0) is 13.1. The van der Waals surface area contributed by atoms with Crippen molar-refractivity contribution in [1.29, 1.82) is 0 Å². The number of ether oxygens (including phenoxy) is 1. The van der Waals surface area contributed by atoms with Crippen LogP contribution < -0.4 is 10.1 Å². The number of hydrogen-bond acceptors (Lipinski definition) is 4. The predicted octanol–water partition coefficient (Wildman–Crippen LogP) is 1.43. The summed E-state index contributed by atoms with van der Waals surface area (Å²) in [6, 6.07) is 3.30. The van der Waals surface area contributed by atoms with Gasteiger partial charge in [0, 0.05) is 13.2 Å². The summed E-state index contributed by atoms with van der Waals surface area (Å²) in [5.41, 5.74) is 0.727. The molecule has 0 atom stereocenters. The number of carbonyl (C=O) groups excluding carboxylic acids is 1. The molecule has 1 amide bonds. The number of nitrogens with one attached hydrogen (secondary N) is 1. The molecule has 6 nitrogen and oxygen atoms in total. The Labute approximate surface area is 102 Å². The minimum absolute atomic E-state index is 0.196. The van der Waals surface area contributed by atoms with Gasteiger partial charge in [0.25, 0.3) is 5.95 Å². The molecule has 2 heterocycles. The van der Waals surface area contributed by atoms with E-state index in [4.69, 9.17) is 4.74 Å². The first-order valence-electron chi connectivity index (χ1n) is 5.18. The van der Waals surface area contributed by atoms with Crippen LogP contribution in [-0.4, -0.2) is 27.9 Å². The summed E-state index contributed by atoms with van der Waals surface area (Å²) < 4.78 is 19.9. The molecule has 0 aliphatic rings. The topological polar surface area (TPSA) is 69.0 Å². The molecule has 94 valence electrons. The number of halogens is 1. The molecule has 1 N–H and O–H groups in total. The third-order valence-corrected chi connectivity index (χ3v) is 2.24. The van der Waals surface area contributed by atoms with Crippen LogP contribution in [0.3, 0.4) is 0 Å². The van der Waals surface area contributed by atoms with E-state index < -0.39 is 12.0 Å². The molecule has 0 saturated heterocycles. The summed E-state index contributed by atoms with van der Waals surface area (Å²) in [6.45, 7) is 1.55. The summed E-state index contributed by atoms with van der Waals surface area (Å²) >= 11 is 0. The van der Waals surface area contributed by atoms with Crippen molar-refractivity contribution in [1.82, 2.24) is 20.1 Å². The summed E-state index contributed by atoms with van der Waals surface area (Å²) in [4.78, 5) is 15.0. The highest BCUT2D eigenvalue weighted by Gasteiger charge is 2.20. The minimum atomic E-state index is -0.747. The first-order chi connectivity index (χ1) is 8.63. The molecule has 2 aromatic rings. The Bertz CT molecular complexity index is 568. The maximum atomic E-state index is 14.0. The van der Waals surface area contributed by atoms with Crippen molar-refractivity contribution in [3.05, 3.63) is 36.2 Å². The van der Waals surface area contributed by atoms with E-state index in [9.17, 15) is 9.18 Å². The van der Waals surface area contributed by atoms with Crippen molar-refractivity contribution >= 4 is 6.09 Å². The first kappa shape index (κ1) is 12.0. The fourth-order valence-corrected chi connectivity index (χ4v) is 1.39. The minimum Gasteiger partial charge on any atom is -0.403 e. The molecule has 0 saturated carbocycles. The quantitative estimate of drug-likeness (QED) is 0.875. The number of rotatable bonds is 2. The van der Waals surface area contributed by atoms with Crippen molar-refractivity contribution in [2.24, 2.45) is 0 Å². The van der Waals surface area contributed by atoms with Crippen molar-refractivity contribution < 1.29 is 13.9 Å². The Hall–Kier alpha value is -2.44. The van der Waals surface area contributed by atoms with Gasteiger partial charge in [0.15, 0.2) is 0 Å². The van der Waals surface area contributed by atoms with Crippen LogP contribution >= 0.6 is 0 Å². The molecule has 0 spiro atoms. The van der Waals surface area contributed by atoms with Gasteiger partial charge in [-0.2, -0.15) is 9.49 Å². The van der Waals surface area contributed by atoms with E-state index in [-0.39, 0.29) is 11.4 Å². The standard InChI is InChI=1S/C11H11FN4O2/c1-7-9(18-11(17)13-2)10(12)16(15-7)8-4-3-5-14-6-8/h3-6H,1-2H3,(H,13,17). The normalized spacial score (nSPS) is 10.2. The van der Waals surface area contributed by atoms with Crippen molar-refractivity contribution in [3.63, 3.8) is 0 Å². The van der Waals surface area contributed by atoms with Gasteiger partial charge in [0.2, 0.25) is 5.75 Å². The molecule has 0 aliphatic carbocycles. The summed E-state index contributed by atoms with van der Waals surface area (Å²) in [6.07, 6.45) is 2.28. The number of aromatic nitrogens is 3. The Morgan fingerprint density at radius 3 is 2.94 bits per heavy atom. The van der Waals surface area contributed by atoms with Gasteiger partial charge in [-0.25, -0.2) is 9.48 Å². The molecule has 2 rings (SSSR count). The zero-order valence-corrected chi connectivity index (χ0v) is 9.85. The molecule has 7 heteroatoms. The van der Waals surface area contributed by atoms with Crippen LogP contribution in [0.5, 0.6) is 5.75 Å². The Balaban J connectivity index is 2.41.